The van der Waals surface area contributed by atoms with Gasteiger partial charge in [-0.05, 0) is 12.1 Å². The van der Waals surface area contributed by atoms with Gasteiger partial charge in [0.25, 0.3) is 0 Å². The van der Waals surface area contributed by atoms with Crippen LogP contribution in [0.3, 0.4) is 0 Å². The first-order chi connectivity index (χ1) is 11.6. The van der Waals surface area contributed by atoms with E-state index in [1.807, 2.05) is 0 Å². The number of nitrogens with one attached hydrogen (secondary N) is 2. The molecule has 2 rings (SSSR count). The second kappa shape index (κ2) is 7.55. The molecule has 12 heteroatoms. The highest BCUT2D eigenvalue weighted by molar-refractivity contribution is 6.32. The molecule has 0 aliphatic heterocycles. The fourth-order valence-electron chi connectivity index (χ4n) is 1.75. The summed E-state index contributed by atoms with van der Waals surface area (Å²) in [6, 6.07) is 3.94. The van der Waals surface area contributed by atoms with Gasteiger partial charge in [-0.25, -0.2) is 4.79 Å². The van der Waals surface area contributed by atoms with E-state index in [1.165, 1.54) is 18.2 Å². The maximum atomic E-state index is 12.2. The van der Waals surface area contributed by atoms with Crippen molar-refractivity contribution in [3.63, 3.8) is 0 Å². The third kappa shape index (κ3) is 6.10. The number of amides is 2. The molecule has 0 fully saturated rings. The van der Waals surface area contributed by atoms with Crippen LogP contribution >= 0.6 is 11.6 Å². The van der Waals surface area contributed by atoms with Crippen molar-refractivity contribution in [2.24, 2.45) is 0 Å². The maximum absolute atomic E-state index is 12.2. The molecular weight excluding hydrogens is 375 g/mol. The molecule has 2 aromatic rings. The lowest BCUT2D eigenvalue weighted by atomic mass is 10.3. The quantitative estimate of drug-likeness (QED) is 0.753. The normalized spacial score (nSPS) is 11.5. The number of benzene rings is 1. The highest BCUT2D eigenvalue weighted by atomic mass is 35.5. The summed E-state index contributed by atoms with van der Waals surface area (Å²) >= 11 is 5.67. The van der Waals surface area contributed by atoms with Gasteiger partial charge in [-0.15, -0.1) is 0 Å². The van der Waals surface area contributed by atoms with Crippen molar-refractivity contribution in [3.8, 4) is 5.75 Å². The molecule has 2 amide bonds. The largest absolute Gasteiger partial charge is 0.433 e. The van der Waals surface area contributed by atoms with Crippen LogP contribution in [-0.4, -0.2) is 28.6 Å². The van der Waals surface area contributed by atoms with E-state index in [0.29, 0.717) is 4.68 Å². The van der Waals surface area contributed by atoms with Gasteiger partial charge in [0, 0.05) is 24.0 Å². The van der Waals surface area contributed by atoms with Gasteiger partial charge in [0.1, 0.15) is 12.3 Å². The minimum atomic E-state index is -4.45. The van der Waals surface area contributed by atoms with E-state index in [2.05, 4.69) is 20.5 Å². The molecule has 0 radical (unpaired) electrons. The van der Waals surface area contributed by atoms with E-state index in [4.69, 9.17) is 11.6 Å². The van der Waals surface area contributed by atoms with Crippen molar-refractivity contribution in [2.45, 2.75) is 19.3 Å². The predicted molar refractivity (Wildman–Crippen MR) is 79.0 cm³/mol. The summed E-state index contributed by atoms with van der Waals surface area (Å²) in [7, 11) is 0. The molecule has 25 heavy (non-hydrogen) atoms. The number of hydrogen-bond acceptors (Lipinski definition) is 3. The molecule has 0 aliphatic rings. The highest BCUT2D eigenvalue weighted by Gasteiger charge is 2.28. The van der Waals surface area contributed by atoms with Crippen molar-refractivity contribution in [3.05, 3.63) is 35.5 Å². The monoisotopic (exact) mass is 384 g/mol. The lowest BCUT2D eigenvalue weighted by Gasteiger charge is -2.10. The molecule has 0 atom stereocenters. The molecule has 0 saturated heterocycles. The number of rotatable bonds is 5. The maximum Gasteiger partial charge on any atom is 0.408 e. The van der Waals surface area contributed by atoms with Gasteiger partial charge in [0.15, 0.2) is 5.82 Å². The zero-order valence-corrected chi connectivity index (χ0v) is 12.9. The smallest absolute Gasteiger partial charge is 0.408 e. The first-order valence-corrected chi connectivity index (χ1v) is 6.93. The molecular formula is C13H10ClF5N4O2. The molecule has 0 unspecified atom stereocenters. The average molecular weight is 385 g/mol. The number of aromatic nitrogens is 2. The average Bonchev–Trinajstić information content (AvgIpc) is 2.86. The summed E-state index contributed by atoms with van der Waals surface area (Å²) in [4.78, 5) is 11.8. The number of carbonyl (C=O) groups is 1. The van der Waals surface area contributed by atoms with Crippen LogP contribution in [0.1, 0.15) is 0 Å². The Kier molecular flexibility index (Phi) is 5.67. The van der Waals surface area contributed by atoms with E-state index in [9.17, 15) is 26.7 Å². The molecule has 136 valence electrons. The van der Waals surface area contributed by atoms with Crippen LogP contribution in [0.15, 0.2) is 30.5 Å². The Bertz CT molecular complexity index is 750. The van der Waals surface area contributed by atoms with Gasteiger partial charge in [0.05, 0.1) is 5.02 Å². The van der Waals surface area contributed by atoms with Crippen LogP contribution < -0.4 is 15.4 Å². The molecule has 0 bridgehead atoms. The molecule has 0 aliphatic carbocycles. The number of urea groups is 1. The molecule has 0 saturated carbocycles. The highest BCUT2D eigenvalue weighted by Crippen LogP contribution is 2.29. The molecule has 1 aromatic heterocycles. The Morgan fingerprint density at radius 2 is 2.00 bits per heavy atom. The second-order valence-corrected chi connectivity index (χ2v) is 5.02. The third-order valence-corrected chi connectivity index (χ3v) is 2.94. The van der Waals surface area contributed by atoms with Gasteiger partial charge in [-0.1, -0.05) is 11.6 Å². The minimum absolute atomic E-state index is 0.0762. The molecule has 6 nitrogen and oxygen atoms in total. The van der Waals surface area contributed by atoms with Gasteiger partial charge in [-0.3, -0.25) is 10.00 Å². The van der Waals surface area contributed by atoms with Crippen LogP contribution in [0.25, 0.3) is 0 Å². The SMILES string of the molecule is O=C(Nc1ccc(Cl)c(OC(F)F)c1)Nc1ccn(CC(F)(F)F)n1. The molecule has 1 heterocycles. The first kappa shape index (κ1) is 18.8. The Morgan fingerprint density at radius 3 is 2.64 bits per heavy atom. The van der Waals surface area contributed by atoms with Crippen LogP contribution in [0, 0.1) is 0 Å². The summed E-state index contributed by atoms with van der Waals surface area (Å²) < 4.78 is 65.9. The summed E-state index contributed by atoms with van der Waals surface area (Å²) in [5.41, 5.74) is 0.0762. The summed E-state index contributed by atoms with van der Waals surface area (Å²) in [6.45, 7) is -4.40. The predicted octanol–water partition coefficient (Wildman–Crippen LogP) is 4.34. The van der Waals surface area contributed by atoms with Crippen molar-refractivity contribution in [1.29, 1.82) is 0 Å². The zero-order valence-electron chi connectivity index (χ0n) is 12.1. The fraction of sp³-hybridized carbons (Fsp3) is 0.231. The van der Waals surface area contributed by atoms with Gasteiger partial charge in [-0.2, -0.15) is 27.1 Å². The molecule has 0 spiro atoms. The standard InChI is InChI=1S/C13H10ClF5N4O2/c14-8-2-1-7(5-9(8)25-11(15)16)20-12(24)21-10-3-4-23(22-10)6-13(17,18)19/h1-5,11H,6H2,(H2,20,21,22,24). The topological polar surface area (TPSA) is 68.2 Å². The van der Waals surface area contributed by atoms with E-state index < -0.39 is 25.4 Å². The molecule has 1 aromatic carbocycles. The summed E-state index contributed by atoms with van der Waals surface area (Å²) in [5.74, 6) is -0.469. The number of ether oxygens (including phenoxy) is 1. The summed E-state index contributed by atoms with van der Waals surface area (Å²) in [6.07, 6.45) is -3.41. The Labute approximate surface area is 142 Å². The number of alkyl halides is 5. The van der Waals surface area contributed by atoms with Gasteiger partial charge in [0.2, 0.25) is 0 Å². The van der Waals surface area contributed by atoms with Gasteiger partial charge >= 0.3 is 18.8 Å². The van der Waals surface area contributed by atoms with E-state index in [0.717, 1.165) is 12.3 Å². The van der Waals surface area contributed by atoms with Crippen molar-refractivity contribution >= 4 is 29.1 Å². The second-order valence-electron chi connectivity index (χ2n) is 4.62. The van der Waals surface area contributed by atoms with Crippen LogP contribution in [0.5, 0.6) is 5.75 Å². The Balaban J connectivity index is 1.98. The van der Waals surface area contributed by atoms with E-state index in [1.54, 1.807) is 0 Å². The van der Waals surface area contributed by atoms with Crippen LogP contribution in [-0.2, 0) is 6.54 Å². The lowest BCUT2D eigenvalue weighted by Crippen LogP contribution is -2.21. The first-order valence-electron chi connectivity index (χ1n) is 6.55. The third-order valence-electron chi connectivity index (χ3n) is 2.63. The molecule has 2 N–H and O–H groups in total. The van der Waals surface area contributed by atoms with Gasteiger partial charge < -0.3 is 10.1 Å². The van der Waals surface area contributed by atoms with Crippen molar-refractivity contribution < 1.29 is 31.5 Å². The van der Waals surface area contributed by atoms with E-state index in [-0.39, 0.29) is 22.3 Å². The van der Waals surface area contributed by atoms with Crippen LogP contribution in [0.2, 0.25) is 5.02 Å². The van der Waals surface area contributed by atoms with Crippen molar-refractivity contribution in [1.82, 2.24) is 9.78 Å². The summed E-state index contributed by atoms with van der Waals surface area (Å²) in [5, 5.41) is 7.93. The van der Waals surface area contributed by atoms with Crippen LogP contribution in [0.4, 0.5) is 38.3 Å². The fourth-order valence-corrected chi connectivity index (χ4v) is 1.91. The Morgan fingerprint density at radius 1 is 1.28 bits per heavy atom. The number of hydrogen-bond donors (Lipinski definition) is 2. The number of halogens is 6. The zero-order chi connectivity index (χ0) is 18.6. The number of anilines is 2. The Hall–Kier alpha value is -2.56. The van der Waals surface area contributed by atoms with Crippen molar-refractivity contribution in [2.75, 3.05) is 10.6 Å². The lowest BCUT2D eigenvalue weighted by molar-refractivity contribution is -0.142. The number of carbonyl (C=O) groups excluding carboxylic acids is 1. The minimum Gasteiger partial charge on any atom is -0.433 e. The number of nitrogens with zero attached hydrogens (tertiary/aromatic N) is 2. The van der Waals surface area contributed by atoms with E-state index >= 15 is 0 Å².